The molecular formula is C7H12N2O. The van der Waals surface area contributed by atoms with Crippen molar-refractivity contribution < 1.29 is 5.11 Å². The van der Waals surface area contributed by atoms with Crippen molar-refractivity contribution >= 4 is 0 Å². The van der Waals surface area contributed by atoms with Gasteiger partial charge in [0.05, 0.1) is 0 Å². The van der Waals surface area contributed by atoms with Crippen LogP contribution in [-0.2, 0) is 0 Å². The second kappa shape index (κ2) is 2.86. The zero-order valence-electron chi connectivity index (χ0n) is 5.75. The smallest absolute Gasteiger partial charge is 0.107 e. The van der Waals surface area contributed by atoms with Crippen molar-refractivity contribution in [2.24, 2.45) is 5.73 Å². The van der Waals surface area contributed by atoms with E-state index in [1.165, 1.54) is 0 Å². The third kappa shape index (κ3) is 1.59. The molecule has 1 unspecified atom stereocenters. The molecule has 0 aliphatic carbocycles. The Bertz CT molecular complexity index is 165. The van der Waals surface area contributed by atoms with Crippen molar-refractivity contribution in [3.8, 4) is 0 Å². The van der Waals surface area contributed by atoms with E-state index in [1.54, 1.807) is 6.20 Å². The van der Waals surface area contributed by atoms with Gasteiger partial charge in [0.2, 0.25) is 0 Å². The molecule has 0 radical (unpaired) electrons. The molecule has 3 nitrogen and oxygen atoms in total. The van der Waals surface area contributed by atoms with Crippen LogP contribution in [-0.4, -0.2) is 17.4 Å². The molecule has 0 spiro atoms. The van der Waals surface area contributed by atoms with Crippen molar-refractivity contribution in [1.29, 1.82) is 0 Å². The number of aliphatic hydroxyl groups is 1. The zero-order chi connectivity index (χ0) is 7.45. The SMILES string of the molecule is NC1(CCO)C=CC=CN1. The monoisotopic (exact) mass is 140 g/mol. The van der Waals surface area contributed by atoms with E-state index in [0.29, 0.717) is 6.42 Å². The summed E-state index contributed by atoms with van der Waals surface area (Å²) in [6.07, 6.45) is 7.88. The predicted molar refractivity (Wildman–Crippen MR) is 40.0 cm³/mol. The van der Waals surface area contributed by atoms with Crippen LogP contribution in [0.2, 0.25) is 0 Å². The normalized spacial score (nSPS) is 30.2. The predicted octanol–water partition coefficient (Wildman–Crippen LogP) is -0.303. The molecule has 10 heavy (non-hydrogen) atoms. The first kappa shape index (κ1) is 7.31. The topological polar surface area (TPSA) is 58.3 Å². The maximum atomic E-state index is 8.61. The second-order valence-electron chi connectivity index (χ2n) is 2.38. The van der Waals surface area contributed by atoms with Crippen LogP contribution in [0.25, 0.3) is 0 Å². The lowest BCUT2D eigenvalue weighted by Gasteiger charge is -2.27. The largest absolute Gasteiger partial charge is 0.396 e. The van der Waals surface area contributed by atoms with Crippen molar-refractivity contribution in [1.82, 2.24) is 5.32 Å². The molecule has 0 aromatic heterocycles. The Morgan fingerprint density at radius 3 is 2.80 bits per heavy atom. The molecule has 0 saturated carbocycles. The van der Waals surface area contributed by atoms with Crippen LogP contribution in [0.5, 0.6) is 0 Å². The Hall–Kier alpha value is -0.800. The first-order valence-corrected chi connectivity index (χ1v) is 3.29. The first-order valence-electron chi connectivity index (χ1n) is 3.29. The summed E-state index contributed by atoms with van der Waals surface area (Å²) in [6.45, 7) is 0.0989. The van der Waals surface area contributed by atoms with Crippen molar-refractivity contribution in [2.45, 2.75) is 12.1 Å². The van der Waals surface area contributed by atoms with Gasteiger partial charge in [0, 0.05) is 13.0 Å². The summed E-state index contributed by atoms with van der Waals surface area (Å²) in [4.78, 5) is 0. The summed E-state index contributed by atoms with van der Waals surface area (Å²) in [6, 6.07) is 0. The Kier molecular flexibility index (Phi) is 2.09. The van der Waals surface area contributed by atoms with Gasteiger partial charge in [-0.3, -0.25) is 0 Å². The molecule has 0 bridgehead atoms. The average Bonchev–Trinajstić information content (AvgIpc) is 1.89. The third-order valence-corrected chi connectivity index (χ3v) is 1.48. The van der Waals surface area contributed by atoms with E-state index in [9.17, 15) is 0 Å². The van der Waals surface area contributed by atoms with Crippen molar-refractivity contribution in [2.75, 3.05) is 6.61 Å². The number of dihydropyridines is 1. The van der Waals surface area contributed by atoms with Gasteiger partial charge in [-0.05, 0) is 18.4 Å². The lowest BCUT2D eigenvalue weighted by atomic mass is 10.1. The van der Waals surface area contributed by atoms with E-state index < -0.39 is 5.66 Å². The molecule has 0 saturated heterocycles. The lowest BCUT2D eigenvalue weighted by Crippen LogP contribution is -2.50. The minimum Gasteiger partial charge on any atom is -0.396 e. The maximum absolute atomic E-state index is 8.61. The Balaban J connectivity index is 2.52. The van der Waals surface area contributed by atoms with Gasteiger partial charge in [-0.25, -0.2) is 0 Å². The van der Waals surface area contributed by atoms with Crippen molar-refractivity contribution in [3.05, 3.63) is 24.4 Å². The second-order valence-corrected chi connectivity index (χ2v) is 2.38. The Morgan fingerprint density at radius 1 is 1.50 bits per heavy atom. The van der Waals surface area contributed by atoms with Crippen LogP contribution in [0.4, 0.5) is 0 Å². The van der Waals surface area contributed by atoms with Crippen LogP contribution in [0, 0.1) is 0 Å². The molecule has 0 aromatic rings. The molecule has 56 valence electrons. The minimum absolute atomic E-state index is 0.0989. The Morgan fingerprint density at radius 2 is 2.30 bits per heavy atom. The van der Waals surface area contributed by atoms with Crippen LogP contribution < -0.4 is 11.1 Å². The van der Waals surface area contributed by atoms with Crippen LogP contribution in [0.15, 0.2) is 24.4 Å². The molecule has 3 heteroatoms. The molecule has 1 aliphatic rings. The van der Waals surface area contributed by atoms with Gasteiger partial charge >= 0.3 is 0 Å². The summed E-state index contributed by atoms with van der Waals surface area (Å²) >= 11 is 0. The molecule has 1 heterocycles. The average molecular weight is 140 g/mol. The summed E-state index contributed by atoms with van der Waals surface area (Å²) in [5.74, 6) is 0. The highest BCUT2D eigenvalue weighted by Crippen LogP contribution is 2.07. The standard InChI is InChI=1S/C7H12N2O/c8-7(4-6-10)3-1-2-5-9-7/h1-3,5,9-10H,4,6,8H2. The number of allylic oxidation sites excluding steroid dienone is 2. The van der Waals surface area contributed by atoms with Crippen molar-refractivity contribution in [3.63, 3.8) is 0 Å². The fourth-order valence-corrected chi connectivity index (χ4v) is 0.875. The van der Waals surface area contributed by atoms with Crippen LogP contribution in [0.3, 0.4) is 0 Å². The highest BCUT2D eigenvalue weighted by atomic mass is 16.3. The first-order chi connectivity index (χ1) is 4.77. The van der Waals surface area contributed by atoms with Crippen LogP contribution in [0.1, 0.15) is 6.42 Å². The zero-order valence-corrected chi connectivity index (χ0v) is 5.75. The molecule has 4 N–H and O–H groups in total. The van der Waals surface area contributed by atoms with Gasteiger partial charge in [-0.1, -0.05) is 6.08 Å². The molecule has 0 amide bonds. The molecule has 1 atom stereocenters. The number of aliphatic hydroxyl groups excluding tert-OH is 1. The lowest BCUT2D eigenvalue weighted by molar-refractivity contribution is 0.247. The van der Waals surface area contributed by atoms with E-state index in [4.69, 9.17) is 10.8 Å². The quantitative estimate of drug-likeness (QED) is 0.493. The van der Waals surface area contributed by atoms with E-state index >= 15 is 0 Å². The molecular weight excluding hydrogens is 128 g/mol. The van der Waals surface area contributed by atoms with Gasteiger partial charge in [0.15, 0.2) is 0 Å². The fraction of sp³-hybridized carbons (Fsp3) is 0.429. The van der Waals surface area contributed by atoms with E-state index in [2.05, 4.69) is 5.32 Å². The van der Waals surface area contributed by atoms with E-state index in [-0.39, 0.29) is 6.61 Å². The highest BCUT2D eigenvalue weighted by molar-refractivity contribution is 5.17. The summed E-state index contributed by atoms with van der Waals surface area (Å²) in [7, 11) is 0. The van der Waals surface area contributed by atoms with E-state index in [0.717, 1.165) is 0 Å². The molecule has 0 aromatic carbocycles. The van der Waals surface area contributed by atoms with Gasteiger partial charge in [0.1, 0.15) is 5.66 Å². The van der Waals surface area contributed by atoms with Crippen LogP contribution >= 0.6 is 0 Å². The summed E-state index contributed by atoms with van der Waals surface area (Å²) in [5.41, 5.74) is 5.22. The summed E-state index contributed by atoms with van der Waals surface area (Å²) in [5, 5.41) is 11.6. The number of nitrogens with one attached hydrogen (secondary N) is 1. The minimum atomic E-state index is -0.538. The number of nitrogens with two attached hydrogens (primary N) is 1. The number of rotatable bonds is 2. The maximum Gasteiger partial charge on any atom is 0.107 e. The number of hydrogen-bond acceptors (Lipinski definition) is 3. The van der Waals surface area contributed by atoms with Gasteiger partial charge in [0.25, 0.3) is 0 Å². The van der Waals surface area contributed by atoms with Gasteiger partial charge in [-0.2, -0.15) is 0 Å². The molecule has 1 aliphatic heterocycles. The molecule has 0 fully saturated rings. The Labute approximate surface area is 60.2 Å². The number of hydrogen-bond donors (Lipinski definition) is 3. The fourth-order valence-electron chi connectivity index (χ4n) is 0.875. The van der Waals surface area contributed by atoms with E-state index in [1.807, 2.05) is 18.2 Å². The molecule has 1 rings (SSSR count). The summed E-state index contributed by atoms with van der Waals surface area (Å²) < 4.78 is 0. The van der Waals surface area contributed by atoms with Gasteiger partial charge in [-0.15, -0.1) is 0 Å². The van der Waals surface area contributed by atoms with Gasteiger partial charge < -0.3 is 16.2 Å². The highest BCUT2D eigenvalue weighted by Gasteiger charge is 2.18. The third-order valence-electron chi connectivity index (χ3n) is 1.48.